The number of nitrogens with zero attached hydrogens (tertiary/aromatic N) is 2. The fourth-order valence-corrected chi connectivity index (χ4v) is 4.65. The average Bonchev–Trinajstić information content (AvgIpc) is 3.24. The van der Waals surface area contributed by atoms with E-state index in [0.29, 0.717) is 17.6 Å². The number of aromatic amines is 1. The molecular weight excluding hydrogens is 426 g/mol. The summed E-state index contributed by atoms with van der Waals surface area (Å²) >= 11 is 0. The molecule has 1 aliphatic carbocycles. The van der Waals surface area contributed by atoms with E-state index in [2.05, 4.69) is 42.1 Å². The third-order valence-electron chi connectivity index (χ3n) is 6.40. The third kappa shape index (κ3) is 5.37. The summed E-state index contributed by atoms with van der Waals surface area (Å²) in [6, 6.07) is 14.6. The minimum atomic E-state index is -0.366. The molecule has 4 N–H and O–H groups in total. The molecule has 3 heterocycles. The molecule has 1 amide bonds. The molecular formula is C27H33N5O2. The van der Waals surface area contributed by atoms with E-state index < -0.39 is 0 Å². The fourth-order valence-electron chi connectivity index (χ4n) is 4.65. The van der Waals surface area contributed by atoms with Gasteiger partial charge < -0.3 is 16.0 Å². The molecule has 34 heavy (non-hydrogen) atoms. The predicted octanol–water partition coefficient (Wildman–Crippen LogP) is 4.05. The molecule has 0 saturated heterocycles. The molecule has 1 fully saturated rings. The molecule has 4 aromatic rings. The second-order valence-corrected chi connectivity index (χ2v) is 9.84. The number of carbonyl (C=O) groups excluding carboxylic acids is 1. The highest BCUT2D eigenvalue weighted by atomic mass is 16.2. The first-order valence-electron chi connectivity index (χ1n) is 11.9. The van der Waals surface area contributed by atoms with Gasteiger partial charge >= 0.3 is 0 Å². The smallest absolute Gasteiger partial charge is 0.270 e. The van der Waals surface area contributed by atoms with E-state index in [9.17, 15) is 9.59 Å². The van der Waals surface area contributed by atoms with Crippen LogP contribution >= 0.6 is 0 Å². The maximum atomic E-state index is 12.4. The fraction of sp³-hybridized carbons (Fsp3) is 0.370. The van der Waals surface area contributed by atoms with Crippen molar-refractivity contribution < 1.29 is 4.79 Å². The van der Waals surface area contributed by atoms with Gasteiger partial charge in [-0.2, -0.15) is 0 Å². The van der Waals surface area contributed by atoms with Gasteiger partial charge in [0.25, 0.3) is 11.5 Å². The lowest BCUT2D eigenvalue weighted by Gasteiger charge is -2.42. The van der Waals surface area contributed by atoms with Gasteiger partial charge in [0, 0.05) is 30.0 Å². The number of amides is 1. The van der Waals surface area contributed by atoms with E-state index in [-0.39, 0.29) is 17.2 Å². The highest BCUT2D eigenvalue weighted by Gasteiger charge is 2.34. The minimum absolute atomic E-state index is 0.121. The highest BCUT2D eigenvalue weighted by molar-refractivity contribution is 5.92. The van der Waals surface area contributed by atoms with Crippen LogP contribution in [0.5, 0.6) is 0 Å². The number of H-pyrrole nitrogens is 1. The van der Waals surface area contributed by atoms with Crippen molar-refractivity contribution in [3.63, 3.8) is 0 Å². The van der Waals surface area contributed by atoms with Crippen LogP contribution in [-0.4, -0.2) is 26.8 Å². The van der Waals surface area contributed by atoms with Crippen molar-refractivity contribution in [1.82, 2.24) is 19.7 Å². The number of pyridine rings is 1. The second kappa shape index (κ2) is 9.81. The Morgan fingerprint density at radius 1 is 1.21 bits per heavy atom. The quantitative estimate of drug-likeness (QED) is 0.419. The number of nitrogens with one attached hydrogen (secondary N) is 2. The third-order valence-corrected chi connectivity index (χ3v) is 6.40. The lowest BCUT2D eigenvalue weighted by atomic mass is 9.65. The molecule has 7 nitrogen and oxygen atoms in total. The van der Waals surface area contributed by atoms with Gasteiger partial charge in [-0.3, -0.25) is 14.0 Å². The van der Waals surface area contributed by atoms with Crippen LogP contribution in [0.15, 0.2) is 59.5 Å². The minimum Gasteiger partial charge on any atom is -0.358 e. The Bertz CT molecular complexity index is 1360. The summed E-state index contributed by atoms with van der Waals surface area (Å²) in [5, 5.41) is 3.98. The molecule has 5 rings (SSSR count). The van der Waals surface area contributed by atoms with Gasteiger partial charge in [-0.1, -0.05) is 39.0 Å². The van der Waals surface area contributed by atoms with E-state index >= 15 is 0 Å². The molecule has 1 aromatic carbocycles. The normalized spacial score (nSPS) is 14.9. The van der Waals surface area contributed by atoms with Crippen LogP contribution in [0, 0.1) is 11.3 Å². The molecule has 1 saturated carbocycles. The number of aryl methyl sites for hydroxylation is 1. The zero-order chi connectivity index (χ0) is 24.3. The summed E-state index contributed by atoms with van der Waals surface area (Å²) < 4.78 is 1.40. The number of carbonyl (C=O) groups is 1. The van der Waals surface area contributed by atoms with Crippen molar-refractivity contribution in [2.24, 2.45) is 17.1 Å². The molecule has 178 valence electrons. The van der Waals surface area contributed by atoms with Crippen molar-refractivity contribution in [2.45, 2.75) is 46.6 Å². The zero-order valence-electron chi connectivity index (χ0n) is 20.1. The zero-order valence-corrected chi connectivity index (χ0v) is 20.1. The number of rotatable bonds is 5. The Kier molecular flexibility index (Phi) is 6.84. The van der Waals surface area contributed by atoms with Crippen LogP contribution in [-0.2, 0) is 13.0 Å². The standard InChI is InChI=1S/C20H18N4O2.C7H15N/c1-2-15-10-14-7-6-13(9-16(14)22-15)12-21-20(26)17-11-19(25)24-8-4-3-5-18(24)23-17;1-7(2)3-6(4-7)5-8/h3-11,22H,2,12H2,1H3,(H,21,26);6H,3-5,8H2,1-2H3. The molecule has 0 spiro atoms. The summed E-state index contributed by atoms with van der Waals surface area (Å²) in [6.45, 7) is 7.97. The number of hydrogen-bond donors (Lipinski definition) is 3. The number of hydrogen-bond acceptors (Lipinski definition) is 4. The Morgan fingerprint density at radius 2 is 2.00 bits per heavy atom. The van der Waals surface area contributed by atoms with E-state index in [1.807, 2.05) is 18.2 Å². The second-order valence-electron chi connectivity index (χ2n) is 9.84. The first-order chi connectivity index (χ1) is 16.3. The molecule has 7 heteroatoms. The number of aromatic nitrogens is 3. The summed E-state index contributed by atoms with van der Waals surface area (Å²) in [6.07, 6.45) is 5.25. The van der Waals surface area contributed by atoms with Crippen molar-refractivity contribution in [3.8, 4) is 0 Å². The molecule has 1 aliphatic rings. The van der Waals surface area contributed by atoms with E-state index in [4.69, 9.17) is 5.73 Å². The van der Waals surface area contributed by atoms with Gasteiger partial charge in [0.15, 0.2) is 0 Å². The molecule has 0 radical (unpaired) electrons. The van der Waals surface area contributed by atoms with Crippen molar-refractivity contribution in [1.29, 1.82) is 0 Å². The first-order valence-corrected chi connectivity index (χ1v) is 11.9. The van der Waals surface area contributed by atoms with Crippen LogP contribution in [0.3, 0.4) is 0 Å². The van der Waals surface area contributed by atoms with Crippen LogP contribution in [0.4, 0.5) is 0 Å². The number of fused-ring (bicyclic) bond motifs is 2. The SMILES string of the molecule is CC1(C)CC(CN)C1.CCc1cc2ccc(CNC(=O)c3cc(=O)n4ccccc4n3)cc2[nH]1. The topological polar surface area (TPSA) is 105 Å². The van der Waals surface area contributed by atoms with Crippen LogP contribution in [0.2, 0.25) is 0 Å². The molecule has 3 aromatic heterocycles. The molecule has 0 atom stereocenters. The van der Waals surface area contributed by atoms with Gasteiger partial charge in [0.05, 0.1) is 0 Å². The summed E-state index contributed by atoms with van der Waals surface area (Å²) in [5.41, 5.74) is 9.58. The van der Waals surface area contributed by atoms with Gasteiger partial charge in [-0.25, -0.2) is 4.98 Å². The van der Waals surface area contributed by atoms with Crippen LogP contribution in [0.1, 0.15) is 55.4 Å². The van der Waals surface area contributed by atoms with Crippen LogP contribution < -0.4 is 16.6 Å². The Morgan fingerprint density at radius 3 is 2.68 bits per heavy atom. The Hall–Kier alpha value is -3.45. The first kappa shape index (κ1) is 23.7. The molecule has 0 bridgehead atoms. The summed E-state index contributed by atoms with van der Waals surface area (Å²) in [5.74, 6) is 0.472. The van der Waals surface area contributed by atoms with E-state index in [1.165, 1.54) is 29.0 Å². The predicted molar refractivity (Wildman–Crippen MR) is 136 cm³/mol. The van der Waals surface area contributed by atoms with Crippen molar-refractivity contribution >= 4 is 22.5 Å². The van der Waals surface area contributed by atoms with Crippen molar-refractivity contribution in [3.05, 3.63) is 82.0 Å². The largest absolute Gasteiger partial charge is 0.358 e. The van der Waals surface area contributed by atoms with Gasteiger partial charge in [-0.05, 0) is 72.4 Å². The van der Waals surface area contributed by atoms with Crippen LogP contribution in [0.25, 0.3) is 16.6 Å². The Balaban J connectivity index is 0.000000291. The summed E-state index contributed by atoms with van der Waals surface area (Å²) in [7, 11) is 0. The molecule has 0 unspecified atom stereocenters. The number of nitrogens with two attached hydrogens (primary N) is 1. The van der Waals surface area contributed by atoms with Crippen molar-refractivity contribution in [2.75, 3.05) is 6.54 Å². The lowest BCUT2D eigenvalue weighted by molar-refractivity contribution is 0.0945. The van der Waals surface area contributed by atoms with Gasteiger partial charge in [0.1, 0.15) is 11.3 Å². The molecule has 0 aliphatic heterocycles. The van der Waals surface area contributed by atoms with E-state index in [0.717, 1.165) is 35.3 Å². The van der Waals surface area contributed by atoms with Gasteiger partial charge in [-0.15, -0.1) is 0 Å². The van der Waals surface area contributed by atoms with Gasteiger partial charge in [0.2, 0.25) is 0 Å². The summed E-state index contributed by atoms with van der Waals surface area (Å²) in [4.78, 5) is 32.1. The maximum Gasteiger partial charge on any atom is 0.270 e. The Labute approximate surface area is 199 Å². The maximum absolute atomic E-state index is 12.4. The highest BCUT2D eigenvalue weighted by Crippen LogP contribution is 2.43. The monoisotopic (exact) mass is 459 g/mol. The van der Waals surface area contributed by atoms with E-state index in [1.54, 1.807) is 24.4 Å². The average molecular weight is 460 g/mol. The lowest BCUT2D eigenvalue weighted by Crippen LogP contribution is -2.36. The number of benzene rings is 1.